The zero-order valence-corrected chi connectivity index (χ0v) is 12.4. The summed E-state index contributed by atoms with van der Waals surface area (Å²) in [7, 11) is 1.60. The van der Waals surface area contributed by atoms with E-state index in [1.165, 1.54) is 6.92 Å². The lowest BCUT2D eigenvalue weighted by Gasteiger charge is -2.08. The molecule has 0 spiro atoms. The number of rotatable bonds is 4. The number of nitrogens with one attached hydrogen (secondary N) is 1. The number of hydrogen-bond donors (Lipinski definition) is 2. The maximum absolute atomic E-state index is 11.0. The van der Waals surface area contributed by atoms with Crippen LogP contribution in [0.1, 0.15) is 12.5 Å². The summed E-state index contributed by atoms with van der Waals surface area (Å²) in [5.41, 5.74) is 3.97. The number of aliphatic imine (C=N–C) groups is 1. The number of carbonyl (C=O) groups is 1. The Balaban J connectivity index is 2.29. The zero-order valence-electron chi connectivity index (χ0n) is 12.4. The Labute approximate surface area is 128 Å². The maximum atomic E-state index is 11.0. The van der Waals surface area contributed by atoms with Gasteiger partial charge in [-0.1, -0.05) is 12.1 Å². The third-order valence-corrected chi connectivity index (χ3v) is 2.82. The highest BCUT2D eigenvalue weighted by atomic mass is 16.5. The molecule has 0 atom stereocenters. The molecule has 0 aromatic heterocycles. The van der Waals surface area contributed by atoms with Crippen molar-refractivity contribution in [1.82, 2.24) is 5.43 Å². The molecule has 0 aliphatic carbocycles. The molecule has 0 bridgehead atoms. The quantitative estimate of drug-likeness (QED) is 0.226. The Kier molecular flexibility index (Phi) is 5.11. The molecule has 0 fully saturated rings. The molecule has 22 heavy (non-hydrogen) atoms. The third-order valence-electron chi connectivity index (χ3n) is 2.82. The van der Waals surface area contributed by atoms with Crippen molar-refractivity contribution in [3.8, 4) is 11.5 Å². The van der Waals surface area contributed by atoms with Crippen molar-refractivity contribution in [2.45, 2.75) is 6.92 Å². The molecule has 3 N–H and O–H groups in total. The van der Waals surface area contributed by atoms with Crippen molar-refractivity contribution in [2.75, 3.05) is 7.11 Å². The molecule has 0 saturated heterocycles. The fraction of sp³-hybridized carbons (Fsp3) is 0.125. The molecule has 0 aliphatic heterocycles. The second-order valence-corrected chi connectivity index (χ2v) is 4.42. The first-order valence-electron chi connectivity index (χ1n) is 6.60. The summed E-state index contributed by atoms with van der Waals surface area (Å²) in [6, 6.07) is 14.2. The first kappa shape index (κ1) is 15.5. The summed E-state index contributed by atoms with van der Waals surface area (Å²) in [6.45, 7) is 1.35. The van der Waals surface area contributed by atoms with E-state index < -0.39 is 0 Å². The lowest BCUT2D eigenvalue weighted by Crippen LogP contribution is -2.30. The number of ether oxygens (including phenoxy) is 2. The van der Waals surface area contributed by atoms with Crippen molar-refractivity contribution >= 4 is 17.5 Å². The van der Waals surface area contributed by atoms with Crippen molar-refractivity contribution in [1.29, 1.82) is 0 Å². The normalized spacial score (nSPS) is 11.0. The molecular formula is C16H17N3O3. The predicted molar refractivity (Wildman–Crippen MR) is 84.3 cm³/mol. The second kappa shape index (κ2) is 7.24. The van der Waals surface area contributed by atoms with Crippen molar-refractivity contribution < 1.29 is 14.3 Å². The first-order chi connectivity index (χ1) is 10.6. The molecule has 0 amide bonds. The third kappa shape index (κ3) is 4.07. The molecule has 2 aromatic carbocycles. The van der Waals surface area contributed by atoms with Crippen LogP contribution in [0.4, 0.5) is 5.69 Å². The molecule has 0 heterocycles. The van der Waals surface area contributed by atoms with Gasteiger partial charge in [-0.3, -0.25) is 4.79 Å². The van der Waals surface area contributed by atoms with E-state index in [2.05, 4.69) is 10.4 Å². The SMILES string of the molecule is COc1ccc(N=C(NN)c2cccc(OC(C)=O)c2)cc1. The monoisotopic (exact) mass is 299 g/mol. The van der Waals surface area contributed by atoms with Crippen LogP contribution in [-0.4, -0.2) is 18.9 Å². The fourth-order valence-corrected chi connectivity index (χ4v) is 1.84. The van der Waals surface area contributed by atoms with E-state index in [0.717, 1.165) is 5.75 Å². The van der Waals surface area contributed by atoms with E-state index in [1.54, 1.807) is 25.3 Å². The van der Waals surface area contributed by atoms with E-state index in [-0.39, 0.29) is 5.97 Å². The summed E-state index contributed by atoms with van der Waals surface area (Å²) >= 11 is 0. The van der Waals surface area contributed by atoms with E-state index in [0.29, 0.717) is 22.8 Å². The molecule has 0 aliphatic rings. The first-order valence-corrected chi connectivity index (χ1v) is 6.60. The molecule has 114 valence electrons. The van der Waals surface area contributed by atoms with Gasteiger partial charge in [-0.15, -0.1) is 0 Å². The molecule has 2 rings (SSSR count). The number of carbonyl (C=O) groups excluding carboxylic acids is 1. The minimum Gasteiger partial charge on any atom is -0.497 e. The molecule has 6 nitrogen and oxygen atoms in total. The van der Waals surface area contributed by atoms with Gasteiger partial charge in [0.2, 0.25) is 0 Å². The van der Waals surface area contributed by atoms with E-state index >= 15 is 0 Å². The number of nitrogens with zero attached hydrogens (tertiary/aromatic N) is 1. The van der Waals surface area contributed by atoms with Crippen LogP contribution in [0.3, 0.4) is 0 Å². The number of hydrogen-bond acceptors (Lipinski definition) is 5. The Morgan fingerprint density at radius 3 is 2.45 bits per heavy atom. The highest BCUT2D eigenvalue weighted by Crippen LogP contribution is 2.20. The number of hydrazine groups is 1. The summed E-state index contributed by atoms with van der Waals surface area (Å²) in [4.78, 5) is 15.4. The van der Waals surface area contributed by atoms with E-state index in [1.807, 2.05) is 30.3 Å². The molecule has 0 radical (unpaired) electrons. The van der Waals surface area contributed by atoms with Gasteiger partial charge < -0.3 is 14.9 Å². The highest BCUT2D eigenvalue weighted by Gasteiger charge is 2.05. The topological polar surface area (TPSA) is 85.9 Å². The zero-order chi connectivity index (χ0) is 15.9. The van der Waals surface area contributed by atoms with Gasteiger partial charge >= 0.3 is 5.97 Å². The minimum absolute atomic E-state index is 0.383. The molecule has 0 unspecified atom stereocenters. The lowest BCUT2D eigenvalue weighted by atomic mass is 10.2. The van der Waals surface area contributed by atoms with Crippen LogP contribution in [0.5, 0.6) is 11.5 Å². The van der Waals surface area contributed by atoms with Crippen molar-refractivity contribution in [3.05, 3.63) is 54.1 Å². The van der Waals surface area contributed by atoms with Crippen LogP contribution in [-0.2, 0) is 4.79 Å². The smallest absolute Gasteiger partial charge is 0.308 e. The lowest BCUT2D eigenvalue weighted by molar-refractivity contribution is -0.131. The van der Waals surface area contributed by atoms with Gasteiger partial charge in [-0.2, -0.15) is 0 Å². The van der Waals surface area contributed by atoms with Crippen LogP contribution >= 0.6 is 0 Å². The predicted octanol–water partition coefficient (Wildman–Crippen LogP) is 2.16. The minimum atomic E-state index is -0.383. The van der Waals surface area contributed by atoms with Gasteiger partial charge in [0.1, 0.15) is 17.3 Å². The average molecular weight is 299 g/mol. The van der Waals surface area contributed by atoms with Crippen LogP contribution in [0.15, 0.2) is 53.5 Å². The number of nitrogens with two attached hydrogens (primary N) is 1. The van der Waals surface area contributed by atoms with Gasteiger partial charge in [0.15, 0.2) is 0 Å². The standard InChI is InChI=1S/C16H17N3O3/c1-11(20)22-15-5-3-4-12(10-15)16(19-17)18-13-6-8-14(21-2)9-7-13/h3-10H,17H2,1-2H3,(H,18,19). The van der Waals surface area contributed by atoms with Crippen molar-refractivity contribution in [3.63, 3.8) is 0 Å². The second-order valence-electron chi connectivity index (χ2n) is 4.42. The van der Waals surface area contributed by atoms with E-state index in [4.69, 9.17) is 15.3 Å². The average Bonchev–Trinajstić information content (AvgIpc) is 2.53. The summed E-state index contributed by atoms with van der Waals surface area (Å²) in [6.07, 6.45) is 0. The largest absolute Gasteiger partial charge is 0.497 e. The van der Waals surface area contributed by atoms with Gasteiger partial charge in [0.25, 0.3) is 0 Å². The van der Waals surface area contributed by atoms with Gasteiger partial charge in [0.05, 0.1) is 12.8 Å². The molecular weight excluding hydrogens is 282 g/mol. The Hall–Kier alpha value is -2.86. The van der Waals surface area contributed by atoms with Crippen LogP contribution in [0, 0.1) is 0 Å². The highest BCUT2D eigenvalue weighted by molar-refractivity contribution is 6.00. The van der Waals surface area contributed by atoms with Crippen LogP contribution in [0.2, 0.25) is 0 Å². The van der Waals surface area contributed by atoms with Crippen LogP contribution in [0.25, 0.3) is 0 Å². The molecule has 0 saturated carbocycles. The number of benzene rings is 2. The fourth-order valence-electron chi connectivity index (χ4n) is 1.84. The van der Waals surface area contributed by atoms with Gasteiger partial charge in [-0.05, 0) is 36.4 Å². The number of amidine groups is 1. The van der Waals surface area contributed by atoms with Gasteiger partial charge in [0, 0.05) is 12.5 Å². The Bertz CT molecular complexity index is 681. The molecule has 6 heteroatoms. The van der Waals surface area contributed by atoms with Crippen molar-refractivity contribution in [2.24, 2.45) is 10.8 Å². The Morgan fingerprint density at radius 2 is 1.86 bits per heavy atom. The van der Waals surface area contributed by atoms with Gasteiger partial charge in [-0.25, -0.2) is 10.8 Å². The Morgan fingerprint density at radius 1 is 1.14 bits per heavy atom. The van der Waals surface area contributed by atoms with Crippen LogP contribution < -0.4 is 20.7 Å². The summed E-state index contributed by atoms with van der Waals surface area (Å²) in [5.74, 6) is 6.80. The number of esters is 1. The summed E-state index contributed by atoms with van der Waals surface area (Å²) in [5, 5.41) is 0. The number of methoxy groups -OCH3 is 1. The van der Waals surface area contributed by atoms with E-state index in [9.17, 15) is 4.79 Å². The molecule has 2 aromatic rings. The summed E-state index contributed by atoms with van der Waals surface area (Å²) < 4.78 is 10.2. The maximum Gasteiger partial charge on any atom is 0.308 e.